The molecule has 0 aromatic carbocycles. The summed E-state index contributed by atoms with van der Waals surface area (Å²) >= 11 is 0. The van der Waals surface area contributed by atoms with Crippen molar-refractivity contribution in [1.82, 2.24) is 0 Å². The third-order valence-corrected chi connectivity index (χ3v) is 0.333. The highest BCUT2D eigenvalue weighted by Crippen LogP contribution is 1.74. The van der Waals surface area contributed by atoms with Crippen molar-refractivity contribution >= 4 is 0 Å². The summed E-state index contributed by atoms with van der Waals surface area (Å²) in [5.41, 5.74) is 0. The second-order valence-corrected chi connectivity index (χ2v) is 0.760. The van der Waals surface area contributed by atoms with Gasteiger partial charge >= 0.3 is 0 Å². The number of hydrogen-bond donors (Lipinski definition) is 2. The van der Waals surface area contributed by atoms with Gasteiger partial charge in [-0.15, -0.1) is 10.2 Å². The predicted molar refractivity (Wildman–Crippen MR) is 27.2 cm³/mol. The molecule has 0 aliphatic carbocycles. The Bertz CT molecular complexity index is 97.7. The van der Waals surface area contributed by atoms with E-state index in [1.165, 1.54) is 12.4 Å². The SMILES string of the molecule is NN=N/C=C\N=NN. The second-order valence-electron chi connectivity index (χ2n) is 0.760. The zero-order valence-corrected chi connectivity index (χ0v) is 4.10. The van der Waals surface area contributed by atoms with E-state index in [1.54, 1.807) is 0 Å². The van der Waals surface area contributed by atoms with Crippen LogP contribution in [0, 0.1) is 0 Å². The molecule has 8 heavy (non-hydrogen) atoms. The summed E-state index contributed by atoms with van der Waals surface area (Å²) in [5.74, 6) is 9.23. The van der Waals surface area contributed by atoms with Crippen LogP contribution in [0.3, 0.4) is 0 Å². The molecule has 0 aromatic rings. The molecule has 0 saturated heterocycles. The summed E-state index contributed by atoms with van der Waals surface area (Å²) in [7, 11) is 0. The molecule has 0 amide bonds. The van der Waals surface area contributed by atoms with Crippen LogP contribution in [0.4, 0.5) is 0 Å². The monoisotopic (exact) mass is 114 g/mol. The summed E-state index contributed by atoms with van der Waals surface area (Å²) < 4.78 is 0. The van der Waals surface area contributed by atoms with Crippen molar-refractivity contribution in [2.75, 3.05) is 0 Å². The van der Waals surface area contributed by atoms with Crippen LogP contribution in [0.25, 0.3) is 0 Å². The zero-order chi connectivity index (χ0) is 6.24. The molecule has 0 fully saturated rings. The van der Waals surface area contributed by atoms with Gasteiger partial charge in [0.1, 0.15) is 0 Å². The first kappa shape index (κ1) is 6.54. The topological polar surface area (TPSA) is 101 Å². The molecule has 0 rings (SSSR count). The van der Waals surface area contributed by atoms with Gasteiger partial charge in [0, 0.05) is 0 Å². The molecule has 0 atom stereocenters. The lowest BCUT2D eigenvalue weighted by atomic mass is 11.0. The van der Waals surface area contributed by atoms with E-state index < -0.39 is 0 Å². The fraction of sp³-hybridized carbons (Fsp3) is 0. The summed E-state index contributed by atoms with van der Waals surface area (Å²) in [6.45, 7) is 0. The van der Waals surface area contributed by atoms with Gasteiger partial charge in [-0.2, -0.15) is 0 Å². The zero-order valence-electron chi connectivity index (χ0n) is 4.10. The fourth-order valence-corrected chi connectivity index (χ4v) is 0.137. The Balaban J connectivity index is 3.35. The largest absolute Gasteiger partial charge is 0.305 e. The fourth-order valence-electron chi connectivity index (χ4n) is 0.137. The van der Waals surface area contributed by atoms with E-state index in [1.807, 2.05) is 0 Å². The molecule has 6 nitrogen and oxygen atoms in total. The standard InChI is InChI=1S/C2H6N6/c3-7-5-1-2-6-8-4/h1-2H,(H2,3,5)(H2,4,6)/b2-1-. The van der Waals surface area contributed by atoms with Crippen LogP contribution in [-0.2, 0) is 0 Å². The summed E-state index contributed by atoms with van der Waals surface area (Å²) in [6, 6.07) is 0. The van der Waals surface area contributed by atoms with E-state index in [4.69, 9.17) is 0 Å². The van der Waals surface area contributed by atoms with Crippen LogP contribution in [0.15, 0.2) is 33.1 Å². The van der Waals surface area contributed by atoms with Crippen molar-refractivity contribution in [2.45, 2.75) is 0 Å². The molecule has 0 aliphatic heterocycles. The number of rotatable bonds is 2. The summed E-state index contributed by atoms with van der Waals surface area (Å²) in [4.78, 5) is 0. The van der Waals surface area contributed by atoms with Crippen LogP contribution in [0.2, 0.25) is 0 Å². The van der Waals surface area contributed by atoms with Gasteiger partial charge in [-0.1, -0.05) is 10.4 Å². The third-order valence-electron chi connectivity index (χ3n) is 0.333. The Morgan fingerprint density at radius 1 is 0.875 bits per heavy atom. The maximum Gasteiger partial charge on any atom is 0.0715 e. The molecule has 0 aliphatic rings. The molecule has 6 heteroatoms. The van der Waals surface area contributed by atoms with Crippen molar-refractivity contribution in [1.29, 1.82) is 0 Å². The van der Waals surface area contributed by atoms with Crippen LogP contribution < -0.4 is 11.7 Å². The van der Waals surface area contributed by atoms with E-state index in [0.717, 1.165) is 0 Å². The maximum atomic E-state index is 4.61. The highest BCUT2D eigenvalue weighted by atomic mass is 15.3. The minimum Gasteiger partial charge on any atom is -0.305 e. The number of hydrogen-bond acceptors (Lipinski definition) is 4. The van der Waals surface area contributed by atoms with Crippen molar-refractivity contribution < 1.29 is 0 Å². The number of nitrogens with two attached hydrogens (primary N) is 2. The van der Waals surface area contributed by atoms with Crippen LogP contribution in [-0.4, -0.2) is 0 Å². The van der Waals surface area contributed by atoms with Crippen molar-refractivity contribution in [3.8, 4) is 0 Å². The molecule has 0 unspecified atom stereocenters. The Hall–Kier alpha value is -1.46. The van der Waals surface area contributed by atoms with E-state index in [2.05, 4.69) is 32.4 Å². The lowest BCUT2D eigenvalue weighted by Gasteiger charge is -1.68. The Kier molecular flexibility index (Phi) is 4.53. The third kappa shape index (κ3) is 4.54. The Labute approximate surface area is 45.9 Å². The van der Waals surface area contributed by atoms with E-state index in [0.29, 0.717) is 0 Å². The van der Waals surface area contributed by atoms with Crippen LogP contribution in [0.5, 0.6) is 0 Å². The highest BCUT2D eigenvalue weighted by Gasteiger charge is 1.57. The van der Waals surface area contributed by atoms with Crippen LogP contribution in [0.1, 0.15) is 0 Å². The van der Waals surface area contributed by atoms with E-state index >= 15 is 0 Å². The molecule has 0 radical (unpaired) electrons. The first-order chi connectivity index (χ1) is 3.91. The van der Waals surface area contributed by atoms with Crippen molar-refractivity contribution in [2.24, 2.45) is 32.4 Å². The van der Waals surface area contributed by atoms with E-state index in [9.17, 15) is 0 Å². The molecular weight excluding hydrogens is 108 g/mol. The average Bonchev–Trinajstić information content (AvgIpc) is 1.81. The smallest absolute Gasteiger partial charge is 0.0715 e. The quantitative estimate of drug-likeness (QED) is 0.302. The minimum absolute atomic E-state index is 1.26. The second kappa shape index (κ2) is 5.54. The van der Waals surface area contributed by atoms with Gasteiger partial charge in [0.25, 0.3) is 0 Å². The lowest BCUT2D eigenvalue weighted by Crippen LogP contribution is -1.72. The molecule has 44 valence electrons. The summed E-state index contributed by atoms with van der Waals surface area (Å²) in [6.07, 6.45) is 2.52. The average molecular weight is 114 g/mol. The predicted octanol–water partition coefficient (Wildman–Crippen LogP) is 0.109. The summed E-state index contributed by atoms with van der Waals surface area (Å²) in [5, 5.41) is 12.3. The lowest BCUT2D eigenvalue weighted by molar-refractivity contribution is 1.03. The van der Waals surface area contributed by atoms with Gasteiger partial charge in [0.15, 0.2) is 0 Å². The van der Waals surface area contributed by atoms with E-state index in [-0.39, 0.29) is 0 Å². The highest BCUT2D eigenvalue weighted by molar-refractivity contribution is 4.72. The normalized spacial score (nSPS) is 12.5. The first-order valence-electron chi connectivity index (χ1n) is 1.77. The molecule has 0 spiro atoms. The molecule has 0 heterocycles. The Morgan fingerprint density at radius 3 is 1.50 bits per heavy atom. The van der Waals surface area contributed by atoms with Gasteiger partial charge in [0.2, 0.25) is 0 Å². The van der Waals surface area contributed by atoms with Gasteiger partial charge in [-0.05, 0) is 0 Å². The number of nitrogens with zero attached hydrogens (tertiary/aromatic N) is 4. The molecule has 0 saturated carbocycles. The minimum atomic E-state index is 1.26. The van der Waals surface area contributed by atoms with Gasteiger partial charge in [0.05, 0.1) is 12.4 Å². The first-order valence-corrected chi connectivity index (χ1v) is 1.77. The van der Waals surface area contributed by atoms with Crippen molar-refractivity contribution in [3.63, 3.8) is 0 Å². The van der Waals surface area contributed by atoms with Gasteiger partial charge in [-0.25, -0.2) is 0 Å². The van der Waals surface area contributed by atoms with Crippen LogP contribution >= 0.6 is 0 Å². The van der Waals surface area contributed by atoms with Gasteiger partial charge in [-0.3, -0.25) is 0 Å². The van der Waals surface area contributed by atoms with Crippen molar-refractivity contribution in [3.05, 3.63) is 12.4 Å². The molecule has 4 N–H and O–H groups in total. The molecule has 0 bridgehead atoms. The maximum absolute atomic E-state index is 4.61. The molecule has 0 aromatic heterocycles. The Morgan fingerprint density at radius 2 is 1.25 bits per heavy atom. The molecular formula is C2H6N6. The van der Waals surface area contributed by atoms with Gasteiger partial charge < -0.3 is 11.7 Å².